The van der Waals surface area contributed by atoms with E-state index in [4.69, 9.17) is 13.7 Å². The molecule has 4 aromatic rings. The smallest absolute Gasteiger partial charge is 0.333 e. The van der Waals surface area contributed by atoms with Crippen LogP contribution in [0.5, 0.6) is 0 Å². The topological polar surface area (TPSA) is 61.8 Å². The molecule has 0 saturated carbocycles. The van der Waals surface area contributed by atoms with Crippen LogP contribution in [0.4, 0.5) is 0 Å². The lowest BCUT2D eigenvalue weighted by atomic mass is 9.98. The molecule has 1 unspecified atom stereocenters. The minimum Gasteiger partial charge on any atom is -0.467 e. The number of hydrogen-bond acceptors (Lipinski definition) is 5. The fourth-order valence-electron chi connectivity index (χ4n) is 5.80. The van der Waals surface area contributed by atoms with Crippen LogP contribution in [0.25, 0.3) is 11.1 Å². The predicted octanol–water partition coefficient (Wildman–Crippen LogP) is 7.33. The lowest BCUT2D eigenvalue weighted by Crippen LogP contribution is -2.68. The summed E-state index contributed by atoms with van der Waals surface area (Å²) in [4.78, 5) is 13.3. The summed E-state index contributed by atoms with van der Waals surface area (Å²) in [6.45, 7) is 6.49. The van der Waals surface area contributed by atoms with Gasteiger partial charge in [0.1, 0.15) is 6.10 Å². The van der Waals surface area contributed by atoms with Gasteiger partial charge in [0, 0.05) is 19.4 Å². The van der Waals surface area contributed by atoms with Gasteiger partial charge in [0.25, 0.3) is 8.32 Å². The van der Waals surface area contributed by atoms with Crippen molar-refractivity contribution < 1.29 is 23.0 Å². The van der Waals surface area contributed by atoms with Crippen LogP contribution in [0.2, 0.25) is 5.04 Å². The van der Waals surface area contributed by atoms with Gasteiger partial charge in [-0.2, -0.15) is 0 Å². The van der Waals surface area contributed by atoms with Crippen LogP contribution >= 0.6 is 7.37 Å². The molecule has 0 saturated heterocycles. The molecule has 0 aromatic heterocycles. The van der Waals surface area contributed by atoms with Crippen LogP contribution in [0.15, 0.2) is 115 Å². The van der Waals surface area contributed by atoms with Gasteiger partial charge in [0.05, 0.1) is 7.11 Å². The molecule has 0 aliphatic rings. The Labute approximate surface area is 257 Å². The Morgan fingerprint density at radius 1 is 0.744 bits per heavy atom. The van der Waals surface area contributed by atoms with E-state index in [1.807, 2.05) is 66.7 Å². The molecule has 5 nitrogen and oxygen atoms in total. The second-order valence-electron chi connectivity index (χ2n) is 11.8. The molecule has 0 radical (unpaired) electrons. The molecule has 4 aromatic carbocycles. The highest BCUT2D eigenvalue weighted by molar-refractivity contribution is 7.58. The predicted molar refractivity (Wildman–Crippen MR) is 179 cm³/mol. The second kappa shape index (κ2) is 14.5. The van der Waals surface area contributed by atoms with E-state index >= 15 is 0 Å². The van der Waals surface area contributed by atoms with Crippen molar-refractivity contribution in [2.24, 2.45) is 0 Å². The van der Waals surface area contributed by atoms with Crippen LogP contribution in [0.1, 0.15) is 32.8 Å². The zero-order valence-corrected chi connectivity index (χ0v) is 27.8. The summed E-state index contributed by atoms with van der Waals surface area (Å²) in [5.41, 5.74) is 3.35. The molecule has 0 heterocycles. The largest absolute Gasteiger partial charge is 0.467 e. The zero-order valence-electron chi connectivity index (χ0n) is 25.9. The molecule has 2 atom stereocenters. The van der Waals surface area contributed by atoms with Gasteiger partial charge in [0.2, 0.25) is 7.37 Å². The summed E-state index contributed by atoms with van der Waals surface area (Å²) in [5, 5.41) is 1.80. The van der Waals surface area contributed by atoms with Gasteiger partial charge in [-0.25, -0.2) is 4.79 Å². The number of esters is 1. The van der Waals surface area contributed by atoms with Crippen molar-refractivity contribution in [3.8, 4) is 11.1 Å². The van der Waals surface area contributed by atoms with Gasteiger partial charge >= 0.3 is 5.97 Å². The highest BCUT2D eigenvalue weighted by Gasteiger charge is 2.52. The summed E-state index contributed by atoms with van der Waals surface area (Å²) < 4.78 is 32.2. The Bertz CT molecular complexity index is 1460. The van der Waals surface area contributed by atoms with Crippen LogP contribution in [0, 0.1) is 0 Å². The monoisotopic (exact) mass is 614 g/mol. The van der Waals surface area contributed by atoms with E-state index in [0.29, 0.717) is 12.6 Å². The molecular weight excluding hydrogens is 571 g/mol. The minimum atomic E-state index is -3.10. The van der Waals surface area contributed by atoms with Crippen molar-refractivity contribution in [3.05, 3.63) is 121 Å². The summed E-state index contributed by atoms with van der Waals surface area (Å²) in [7, 11) is -3.27. The van der Waals surface area contributed by atoms with E-state index in [-0.39, 0.29) is 17.6 Å². The first-order chi connectivity index (χ1) is 20.6. The first-order valence-electron chi connectivity index (χ1n) is 14.8. The van der Waals surface area contributed by atoms with E-state index in [2.05, 4.69) is 69.3 Å². The zero-order chi connectivity index (χ0) is 30.9. The minimum absolute atomic E-state index is 0.203. The van der Waals surface area contributed by atoms with Crippen molar-refractivity contribution in [3.63, 3.8) is 0 Å². The normalized spacial score (nSPS) is 14.1. The average molecular weight is 615 g/mol. The van der Waals surface area contributed by atoms with E-state index in [1.165, 1.54) is 14.2 Å². The number of carbonyl (C=O) groups excluding carboxylic acids is 1. The third-order valence-electron chi connectivity index (χ3n) is 8.09. The van der Waals surface area contributed by atoms with E-state index < -0.39 is 27.8 Å². The fourth-order valence-corrected chi connectivity index (χ4v) is 12.3. The van der Waals surface area contributed by atoms with Crippen LogP contribution in [0.3, 0.4) is 0 Å². The van der Waals surface area contributed by atoms with Crippen molar-refractivity contribution in [2.75, 3.05) is 26.5 Å². The molecule has 0 aliphatic heterocycles. The van der Waals surface area contributed by atoms with Gasteiger partial charge in [-0.1, -0.05) is 136 Å². The van der Waals surface area contributed by atoms with Crippen molar-refractivity contribution in [2.45, 2.75) is 44.8 Å². The van der Waals surface area contributed by atoms with Crippen LogP contribution in [-0.2, 0) is 29.5 Å². The molecule has 0 N–H and O–H groups in total. The van der Waals surface area contributed by atoms with Gasteiger partial charge in [-0.05, 0) is 44.9 Å². The Balaban J connectivity index is 1.62. The Morgan fingerprint density at radius 2 is 1.26 bits per heavy atom. The molecular formula is C36H43O5PSi. The Morgan fingerprint density at radius 3 is 1.77 bits per heavy atom. The van der Waals surface area contributed by atoms with Gasteiger partial charge in [0.15, 0.2) is 0 Å². The maximum absolute atomic E-state index is 14.1. The van der Waals surface area contributed by atoms with E-state index in [1.54, 1.807) is 0 Å². The summed E-state index contributed by atoms with van der Waals surface area (Å²) in [6.07, 6.45) is 0.476. The number of carbonyl (C=O) groups is 1. The molecule has 226 valence electrons. The summed E-state index contributed by atoms with van der Waals surface area (Å²) in [5.74, 6) is -0.468. The van der Waals surface area contributed by atoms with Crippen molar-refractivity contribution in [1.82, 2.24) is 0 Å². The summed E-state index contributed by atoms with van der Waals surface area (Å²) in [6, 6.07) is 38.7. The number of aryl methyl sites for hydroxylation is 1. The molecule has 0 bridgehead atoms. The molecule has 7 heteroatoms. The number of methoxy groups -OCH3 is 1. The third-order valence-corrected chi connectivity index (χ3v) is 15.6. The third kappa shape index (κ3) is 7.63. The quantitative estimate of drug-likeness (QED) is 0.0897. The number of rotatable bonds is 13. The molecule has 43 heavy (non-hydrogen) atoms. The Kier molecular flexibility index (Phi) is 11.0. The van der Waals surface area contributed by atoms with Crippen molar-refractivity contribution >= 4 is 32.0 Å². The van der Waals surface area contributed by atoms with Crippen LogP contribution < -0.4 is 10.4 Å². The number of ether oxygens (including phenoxy) is 1. The first-order valence-corrected chi connectivity index (χ1v) is 18.7. The van der Waals surface area contributed by atoms with E-state index in [0.717, 1.165) is 27.1 Å². The maximum Gasteiger partial charge on any atom is 0.333 e. The van der Waals surface area contributed by atoms with Gasteiger partial charge < -0.3 is 13.7 Å². The molecule has 0 fully saturated rings. The van der Waals surface area contributed by atoms with Gasteiger partial charge in [-0.15, -0.1) is 0 Å². The Hall–Kier alpha value is -3.28. The SMILES string of the molecule is COC(=O)[C@H](CCP(=O)(CCc1ccccc1-c1ccccc1)OC)O[Si](c1ccccc1)(c1ccccc1)C(C)(C)C. The summed E-state index contributed by atoms with van der Waals surface area (Å²) >= 11 is 0. The van der Waals surface area contributed by atoms with Crippen LogP contribution in [-0.4, -0.2) is 46.9 Å². The lowest BCUT2D eigenvalue weighted by Gasteiger charge is -2.44. The average Bonchev–Trinajstić information content (AvgIpc) is 3.04. The highest BCUT2D eigenvalue weighted by atomic mass is 31.2. The standard InChI is InChI=1S/C36H43O5PSi/c1-36(2,3)43(31-20-11-7-12-21-31,32-22-13-8-14-23-32)41-34(35(37)39-4)26-28-42(38,40-5)27-25-30-19-15-16-24-33(30)29-17-9-6-10-18-29/h6-24,34H,25-28H2,1-5H3/t34-,42?/m0/s1. The molecule has 0 amide bonds. The van der Waals surface area contributed by atoms with E-state index in [9.17, 15) is 9.36 Å². The molecule has 4 rings (SSSR count). The first kappa shape index (κ1) is 32.6. The number of hydrogen-bond donors (Lipinski definition) is 0. The molecule has 0 spiro atoms. The fraction of sp³-hybridized carbons (Fsp3) is 0.306. The lowest BCUT2D eigenvalue weighted by molar-refractivity contribution is -0.149. The number of benzene rings is 4. The highest BCUT2D eigenvalue weighted by Crippen LogP contribution is 2.48. The molecule has 0 aliphatic carbocycles. The maximum atomic E-state index is 14.1. The van der Waals surface area contributed by atoms with Crippen molar-refractivity contribution in [1.29, 1.82) is 0 Å². The second-order valence-corrected chi connectivity index (χ2v) is 18.9. The van der Waals surface area contributed by atoms with Gasteiger partial charge in [-0.3, -0.25) is 4.57 Å².